The second-order valence-electron chi connectivity index (χ2n) is 8.59. The van der Waals surface area contributed by atoms with E-state index in [-0.39, 0.29) is 0 Å². The molecule has 3 aliphatic rings. The molecule has 3 aliphatic carbocycles. The molecule has 2 aromatic carbocycles. The molecule has 3 atom stereocenters. The molecule has 1 spiro atoms. The van der Waals surface area contributed by atoms with Crippen molar-refractivity contribution < 1.29 is 0 Å². The number of aryl methyl sites for hydroxylation is 2. The summed E-state index contributed by atoms with van der Waals surface area (Å²) in [5, 5.41) is 2.99. The molecule has 0 aromatic heterocycles. The van der Waals surface area contributed by atoms with Crippen LogP contribution in [0.15, 0.2) is 42.5 Å². The molecule has 2 aromatic rings. The highest BCUT2D eigenvalue weighted by atomic mass is 14.5. The molecule has 1 fully saturated rings. The molecule has 0 N–H and O–H groups in total. The lowest BCUT2D eigenvalue weighted by Crippen LogP contribution is -2.32. The number of hydrogen-bond donors (Lipinski definition) is 0. The summed E-state index contributed by atoms with van der Waals surface area (Å²) in [6, 6.07) is 12.0. The summed E-state index contributed by atoms with van der Waals surface area (Å²) in [7, 11) is 0. The van der Waals surface area contributed by atoms with E-state index in [1.807, 2.05) is 0 Å². The van der Waals surface area contributed by atoms with E-state index in [4.69, 9.17) is 0 Å². The van der Waals surface area contributed by atoms with Gasteiger partial charge in [0.25, 0.3) is 0 Å². The molecule has 0 heteroatoms. The lowest BCUT2D eigenvalue weighted by molar-refractivity contribution is 0.195. The Bertz CT molecular complexity index is 812. The molecule has 0 saturated heterocycles. The summed E-state index contributed by atoms with van der Waals surface area (Å²) in [6.45, 7) is 2.29. The molecule has 2 bridgehead atoms. The van der Waals surface area contributed by atoms with Crippen molar-refractivity contribution in [3.63, 3.8) is 0 Å². The van der Waals surface area contributed by atoms with Gasteiger partial charge in [0.1, 0.15) is 0 Å². The molecule has 0 nitrogen and oxygen atoms in total. The summed E-state index contributed by atoms with van der Waals surface area (Å²) in [4.78, 5) is 0. The van der Waals surface area contributed by atoms with Crippen LogP contribution in [0.25, 0.3) is 10.8 Å². The van der Waals surface area contributed by atoms with E-state index in [2.05, 4.69) is 49.4 Å². The average molecular weight is 316 g/mol. The van der Waals surface area contributed by atoms with Crippen LogP contribution in [0.1, 0.15) is 55.7 Å². The largest absolute Gasteiger partial charge is 0.0851 e. The fourth-order valence-electron chi connectivity index (χ4n) is 5.86. The Morgan fingerprint density at radius 3 is 2.88 bits per heavy atom. The normalized spacial score (nSPS) is 30.4. The Morgan fingerprint density at radius 1 is 1.12 bits per heavy atom. The van der Waals surface area contributed by atoms with Gasteiger partial charge in [0.2, 0.25) is 0 Å². The van der Waals surface area contributed by atoms with Crippen LogP contribution in [-0.2, 0) is 19.3 Å². The van der Waals surface area contributed by atoms with Crippen molar-refractivity contribution in [2.75, 3.05) is 0 Å². The van der Waals surface area contributed by atoms with Gasteiger partial charge in [-0.25, -0.2) is 0 Å². The predicted octanol–water partition coefficient (Wildman–Crippen LogP) is 6.25. The van der Waals surface area contributed by atoms with Crippen LogP contribution in [0.3, 0.4) is 0 Å². The minimum absolute atomic E-state index is 0.596. The molecule has 24 heavy (non-hydrogen) atoms. The molecule has 5 rings (SSSR count). The third-order valence-electron chi connectivity index (χ3n) is 7.15. The van der Waals surface area contributed by atoms with E-state index < -0.39 is 0 Å². The molecule has 0 aliphatic heterocycles. The lowest BCUT2D eigenvalue weighted by atomic mass is 9.64. The maximum Gasteiger partial charge on any atom is -0.0149 e. The Labute approximate surface area is 146 Å². The van der Waals surface area contributed by atoms with Gasteiger partial charge in [0, 0.05) is 0 Å². The van der Waals surface area contributed by atoms with Crippen molar-refractivity contribution in [1.29, 1.82) is 0 Å². The zero-order valence-corrected chi connectivity index (χ0v) is 14.9. The minimum atomic E-state index is 0.596. The predicted molar refractivity (Wildman–Crippen MR) is 102 cm³/mol. The van der Waals surface area contributed by atoms with Gasteiger partial charge in [-0.1, -0.05) is 55.8 Å². The van der Waals surface area contributed by atoms with E-state index in [0.717, 1.165) is 11.8 Å². The summed E-state index contributed by atoms with van der Waals surface area (Å²) in [5.41, 5.74) is 5.45. The van der Waals surface area contributed by atoms with Crippen molar-refractivity contribution in [3.05, 3.63) is 59.2 Å². The smallest absolute Gasteiger partial charge is 0.0149 e. The van der Waals surface area contributed by atoms with E-state index in [0.29, 0.717) is 5.41 Å². The standard InChI is InChI=1S/C24H28/c1-2-3-5-18-6-4-7-20-13-19-10-11-24(16-21(19)14-23(18)20)15-17-8-9-22(24)12-17/h4,6-9,13-14,17,22H,2-3,5,10-12,15-16H2,1H3. The molecule has 3 unspecified atom stereocenters. The SMILES string of the molecule is CCCCc1cccc2cc3c(cc12)CC1(CC3)CC2C=CC1C2. The second kappa shape index (κ2) is 5.48. The first kappa shape index (κ1) is 14.8. The summed E-state index contributed by atoms with van der Waals surface area (Å²) >= 11 is 0. The van der Waals surface area contributed by atoms with E-state index in [1.165, 1.54) is 62.1 Å². The number of benzene rings is 2. The van der Waals surface area contributed by atoms with Crippen molar-refractivity contribution in [2.45, 2.75) is 58.3 Å². The Hall–Kier alpha value is -1.56. The highest BCUT2D eigenvalue weighted by Gasteiger charge is 2.49. The van der Waals surface area contributed by atoms with Gasteiger partial charge in [0.15, 0.2) is 0 Å². The number of fused-ring (bicyclic) bond motifs is 5. The monoisotopic (exact) mass is 316 g/mol. The highest BCUT2D eigenvalue weighted by Crippen LogP contribution is 2.57. The third-order valence-corrected chi connectivity index (χ3v) is 7.15. The van der Waals surface area contributed by atoms with Gasteiger partial charge in [-0.15, -0.1) is 0 Å². The molecule has 0 heterocycles. The van der Waals surface area contributed by atoms with Gasteiger partial charge in [-0.05, 0) is 89.7 Å². The minimum Gasteiger partial charge on any atom is -0.0851 e. The average Bonchev–Trinajstić information content (AvgIpc) is 3.19. The molecular weight excluding hydrogens is 288 g/mol. The van der Waals surface area contributed by atoms with Gasteiger partial charge < -0.3 is 0 Å². The van der Waals surface area contributed by atoms with Crippen LogP contribution in [0.2, 0.25) is 0 Å². The lowest BCUT2D eigenvalue weighted by Gasteiger charge is -2.40. The maximum absolute atomic E-state index is 2.58. The molecule has 0 radical (unpaired) electrons. The van der Waals surface area contributed by atoms with Crippen LogP contribution in [-0.4, -0.2) is 0 Å². The number of hydrogen-bond acceptors (Lipinski definition) is 0. The number of unbranched alkanes of at least 4 members (excludes halogenated alkanes) is 1. The van der Waals surface area contributed by atoms with Gasteiger partial charge >= 0.3 is 0 Å². The van der Waals surface area contributed by atoms with E-state index in [1.54, 1.807) is 16.7 Å². The van der Waals surface area contributed by atoms with Crippen molar-refractivity contribution >= 4 is 10.8 Å². The maximum atomic E-state index is 2.58. The Morgan fingerprint density at radius 2 is 2.08 bits per heavy atom. The summed E-state index contributed by atoms with van der Waals surface area (Å²) in [6.07, 6.45) is 15.8. The van der Waals surface area contributed by atoms with Crippen molar-refractivity contribution in [3.8, 4) is 0 Å². The topological polar surface area (TPSA) is 0 Å². The first-order valence-electron chi connectivity index (χ1n) is 9.99. The van der Waals surface area contributed by atoms with Crippen LogP contribution in [0.5, 0.6) is 0 Å². The van der Waals surface area contributed by atoms with Crippen molar-refractivity contribution in [1.82, 2.24) is 0 Å². The van der Waals surface area contributed by atoms with Gasteiger partial charge in [-0.3, -0.25) is 0 Å². The molecular formula is C24H28. The van der Waals surface area contributed by atoms with Gasteiger partial charge in [-0.2, -0.15) is 0 Å². The third kappa shape index (κ3) is 2.19. The zero-order chi connectivity index (χ0) is 16.1. The van der Waals surface area contributed by atoms with Crippen LogP contribution in [0.4, 0.5) is 0 Å². The first-order chi connectivity index (χ1) is 11.8. The van der Waals surface area contributed by atoms with Crippen LogP contribution < -0.4 is 0 Å². The Balaban J connectivity index is 1.55. The second-order valence-corrected chi connectivity index (χ2v) is 8.59. The Kier molecular flexibility index (Phi) is 3.37. The van der Waals surface area contributed by atoms with Crippen LogP contribution in [0, 0.1) is 17.3 Å². The highest BCUT2D eigenvalue weighted by molar-refractivity contribution is 5.87. The fourth-order valence-corrected chi connectivity index (χ4v) is 5.86. The molecule has 0 amide bonds. The van der Waals surface area contributed by atoms with Crippen LogP contribution >= 0.6 is 0 Å². The molecule has 124 valence electrons. The van der Waals surface area contributed by atoms with Gasteiger partial charge in [0.05, 0.1) is 0 Å². The number of rotatable bonds is 3. The summed E-state index contributed by atoms with van der Waals surface area (Å²) in [5.74, 6) is 1.75. The van der Waals surface area contributed by atoms with E-state index >= 15 is 0 Å². The zero-order valence-electron chi connectivity index (χ0n) is 14.9. The molecule has 1 saturated carbocycles. The first-order valence-corrected chi connectivity index (χ1v) is 9.99. The van der Waals surface area contributed by atoms with Crippen molar-refractivity contribution in [2.24, 2.45) is 17.3 Å². The fraction of sp³-hybridized carbons (Fsp3) is 0.500. The number of allylic oxidation sites excluding steroid dienone is 2. The summed E-state index contributed by atoms with van der Waals surface area (Å²) < 4.78 is 0. The quantitative estimate of drug-likeness (QED) is 0.587. The van der Waals surface area contributed by atoms with E-state index in [9.17, 15) is 0 Å².